The second-order valence-corrected chi connectivity index (χ2v) is 7.37. The molecule has 1 aromatic carbocycles. The van der Waals surface area contributed by atoms with E-state index in [1.54, 1.807) is 0 Å². The molecule has 0 saturated carbocycles. The zero-order valence-corrected chi connectivity index (χ0v) is 15.3. The lowest BCUT2D eigenvalue weighted by Crippen LogP contribution is -2.17. The fourth-order valence-corrected chi connectivity index (χ4v) is 2.94. The summed E-state index contributed by atoms with van der Waals surface area (Å²) < 4.78 is 1.86. The Hall–Kier alpha value is -2.62. The number of imidazole rings is 1. The van der Waals surface area contributed by atoms with Crippen molar-refractivity contribution in [3.63, 3.8) is 0 Å². The zero-order chi connectivity index (χ0) is 18.0. The average Bonchev–Trinajstić information content (AvgIpc) is 2.93. The highest BCUT2D eigenvalue weighted by molar-refractivity contribution is 6.04. The molecule has 3 rings (SSSR count). The van der Waals surface area contributed by atoms with Gasteiger partial charge in [-0.1, -0.05) is 52.3 Å². The molecular formula is C21H25N3O. The normalized spacial score (nSPS) is 11.7. The van der Waals surface area contributed by atoms with Gasteiger partial charge in [-0.15, -0.1) is 0 Å². The molecule has 1 amide bonds. The van der Waals surface area contributed by atoms with Gasteiger partial charge in [0.1, 0.15) is 11.3 Å². The van der Waals surface area contributed by atoms with Crippen LogP contribution in [0, 0.1) is 0 Å². The molecule has 0 aliphatic carbocycles. The van der Waals surface area contributed by atoms with Crippen molar-refractivity contribution in [3.05, 3.63) is 65.6 Å². The largest absolute Gasteiger partial charge is 0.321 e. The third-order valence-corrected chi connectivity index (χ3v) is 4.31. The quantitative estimate of drug-likeness (QED) is 0.742. The van der Waals surface area contributed by atoms with E-state index in [-0.39, 0.29) is 11.3 Å². The predicted octanol–water partition coefficient (Wildman–Crippen LogP) is 4.84. The van der Waals surface area contributed by atoms with Crippen molar-refractivity contribution in [1.29, 1.82) is 0 Å². The van der Waals surface area contributed by atoms with Crippen LogP contribution in [-0.2, 0) is 11.8 Å². The minimum absolute atomic E-state index is 0.0957. The molecule has 0 unspecified atom stereocenters. The molecule has 0 spiro atoms. The van der Waals surface area contributed by atoms with Crippen molar-refractivity contribution in [2.45, 2.75) is 46.0 Å². The number of nitrogens with zero attached hydrogens (tertiary/aromatic N) is 2. The van der Waals surface area contributed by atoms with Gasteiger partial charge in [-0.05, 0) is 41.7 Å². The van der Waals surface area contributed by atoms with Crippen LogP contribution in [0.4, 0.5) is 5.69 Å². The fourth-order valence-electron chi connectivity index (χ4n) is 2.94. The van der Waals surface area contributed by atoms with Crippen molar-refractivity contribution >= 4 is 17.2 Å². The number of anilines is 1. The van der Waals surface area contributed by atoms with Gasteiger partial charge in [0, 0.05) is 11.9 Å². The number of aryl methyl sites for hydroxylation is 1. The molecule has 130 valence electrons. The van der Waals surface area contributed by atoms with Gasteiger partial charge in [0.25, 0.3) is 5.91 Å². The number of carbonyl (C=O) groups excluding carboxylic acids is 1. The molecule has 2 aromatic heterocycles. The van der Waals surface area contributed by atoms with Crippen LogP contribution in [0.1, 0.15) is 55.9 Å². The lowest BCUT2D eigenvalue weighted by atomic mass is 9.87. The third kappa shape index (κ3) is 3.58. The molecule has 4 heteroatoms. The topological polar surface area (TPSA) is 46.4 Å². The van der Waals surface area contributed by atoms with Crippen LogP contribution in [-0.4, -0.2) is 15.3 Å². The van der Waals surface area contributed by atoms with Gasteiger partial charge < -0.3 is 5.32 Å². The summed E-state index contributed by atoms with van der Waals surface area (Å²) in [6, 6.07) is 13.8. The van der Waals surface area contributed by atoms with Gasteiger partial charge in [-0.2, -0.15) is 0 Å². The van der Waals surface area contributed by atoms with E-state index in [0.29, 0.717) is 5.69 Å². The molecular weight excluding hydrogens is 310 g/mol. The Kier molecular flexibility index (Phi) is 4.62. The maximum Gasteiger partial charge on any atom is 0.274 e. The number of nitrogens with one attached hydrogen (secondary N) is 1. The van der Waals surface area contributed by atoms with E-state index in [9.17, 15) is 4.79 Å². The Morgan fingerprint density at radius 3 is 2.48 bits per heavy atom. The highest BCUT2D eigenvalue weighted by atomic mass is 16.2. The van der Waals surface area contributed by atoms with Crippen molar-refractivity contribution in [3.8, 4) is 0 Å². The minimum atomic E-state index is -0.120. The van der Waals surface area contributed by atoms with E-state index < -0.39 is 0 Å². The molecule has 3 aromatic rings. The molecule has 2 heterocycles. The number of benzene rings is 1. The van der Waals surface area contributed by atoms with Gasteiger partial charge in [0.2, 0.25) is 0 Å². The molecule has 0 aliphatic heterocycles. The number of hydrogen-bond acceptors (Lipinski definition) is 2. The highest BCUT2D eigenvalue weighted by Gasteiger charge is 2.19. The van der Waals surface area contributed by atoms with E-state index in [0.717, 1.165) is 29.9 Å². The van der Waals surface area contributed by atoms with Crippen LogP contribution in [0.3, 0.4) is 0 Å². The van der Waals surface area contributed by atoms with Crippen molar-refractivity contribution in [2.24, 2.45) is 0 Å². The lowest BCUT2D eigenvalue weighted by Gasteiger charge is -2.19. The Morgan fingerprint density at radius 2 is 1.84 bits per heavy atom. The maximum absolute atomic E-state index is 12.9. The van der Waals surface area contributed by atoms with E-state index >= 15 is 0 Å². The molecule has 0 atom stereocenters. The Bertz CT molecular complexity index is 886. The first-order chi connectivity index (χ1) is 11.9. The van der Waals surface area contributed by atoms with Crippen LogP contribution in [0.5, 0.6) is 0 Å². The van der Waals surface area contributed by atoms with Gasteiger partial charge >= 0.3 is 0 Å². The summed E-state index contributed by atoms with van der Waals surface area (Å²) in [5, 5.41) is 3.01. The monoisotopic (exact) mass is 335 g/mol. The highest BCUT2D eigenvalue weighted by Crippen LogP contribution is 2.24. The second kappa shape index (κ2) is 6.71. The van der Waals surface area contributed by atoms with Gasteiger partial charge in [0.15, 0.2) is 0 Å². The number of pyridine rings is 1. The van der Waals surface area contributed by atoms with Gasteiger partial charge in [0.05, 0.1) is 5.69 Å². The number of aromatic nitrogens is 2. The average molecular weight is 335 g/mol. The Balaban J connectivity index is 1.91. The van der Waals surface area contributed by atoms with Gasteiger partial charge in [-0.3, -0.25) is 9.20 Å². The summed E-state index contributed by atoms with van der Waals surface area (Å²) in [6.07, 6.45) is 3.62. The lowest BCUT2D eigenvalue weighted by molar-refractivity contribution is 0.102. The fraction of sp³-hybridized carbons (Fsp3) is 0.333. The number of fused-ring (bicyclic) bond motifs is 1. The number of hydrogen-bond donors (Lipinski definition) is 1. The molecule has 0 aliphatic rings. The molecule has 0 fully saturated rings. The summed E-state index contributed by atoms with van der Waals surface area (Å²) in [6.45, 7) is 8.62. The van der Waals surface area contributed by atoms with Crippen molar-refractivity contribution in [1.82, 2.24) is 9.38 Å². The maximum atomic E-state index is 12.9. The zero-order valence-electron chi connectivity index (χ0n) is 15.3. The van der Waals surface area contributed by atoms with Crippen molar-refractivity contribution in [2.75, 3.05) is 5.32 Å². The molecule has 0 saturated heterocycles. The Labute approximate surface area is 148 Å². The molecule has 4 nitrogen and oxygen atoms in total. The van der Waals surface area contributed by atoms with E-state index in [1.165, 1.54) is 5.56 Å². The van der Waals surface area contributed by atoms with Crippen LogP contribution < -0.4 is 5.32 Å². The Morgan fingerprint density at radius 1 is 1.12 bits per heavy atom. The first kappa shape index (κ1) is 17.2. The standard InChI is InChI=1S/C21H25N3O/c1-5-8-17-19(24-14-7-6-9-18(24)23-17)20(25)22-16-12-10-15(11-13-16)21(2,3)4/h6-7,9-14H,5,8H2,1-4H3,(H,22,25). The molecule has 25 heavy (non-hydrogen) atoms. The predicted molar refractivity (Wildman–Crippen MR) is 102 cm³/mol. The second-order valence-electron chi connectivity index (χ2n) is 7.37. The summed E-state index contributed by atoms with van der Waals surface area (Å²) in [5.41, 5.74) is 4.41. The summed E-state index contributed by atoms with van der Waals surface area (Å²) in [5.74, 6) is -0.120. The number of carbonyl (C=O) groups is 1. The SMILES string of the molecule is CCCc1nc2ccccn2c1C(=O)Nc1ccc(C(C)(C)C)cc1. The molecule has 0 radical (unpaired) electrons. The van der Waals surface area contributed by atoms with Crippen LogP contribution in [0.15, 0.2) is 48.7 Å². The summed E-state index contributed by atoms with van der Waals surface area (Å²) in [7, 11) is 0. The number of amides is 1. The number of rotatable bonds is 4. The minimum Gasteiger partial charge on any atom is -0.321 e. The van der Waals surface area contributed by atoms with Crippen LogP contribution >= 0.6 is 0 Å². The van der Waals surface area contributed by atoms with E-state index in [2.05, 4.69) is 50.1 Å². The smallest absolute Gasteiger partial charge is 0.274 e. The van der Waals surface area contributed by atoms with Gasteiger partial charge in [-0.25, -0.2) is 4.98 Å². The van der Waals surface area contributed by atoms with E-state index in [4.69, 9.17) is 0 Å². The summed E-state index contributed by atoms with van der Waals surface area (Å²) in [4.78, 5) is 17.5. The third-order valence-electron chi connectivity index (χ3n) is 4.31. The molecule has 1 N–H and O–H groups in total. The first-order valence-corrected chi connectivity index (χ1v) is 8.78. The molecule has 0 bridgehead atoms. The van der Waals surface area contributed by atoms with Crippen LogP contribution in [0.25, 0.3) is 5.65 Å². The van der Waals surface area contributed by atoms with Crippen LogP contribution in [0.2, 0.25) is 0 Å². The first-order valence-electron chi connectivity index (χ1n) is 8.78. The van der Waals surface area contributed by atoms with Crippen molar-refractivity contribution < 1.29 is 4.79 Å². The van der Waals surface area contributed by atoms with E-state index in [1.807, 2.05) is 40.9 Å². The summed E-state index contributed by atoms with van der Waals surface area (Å²) >= 11 is 0.